The predicted molar refractivity (Wildman–Crippen MR) is 108 cm³/mol. The second kappa shape index (κ2) is 8.30. The second-order valence-corrected chi connectivity index (χ2v) is 7.13. The van der Waals surface area contributed by atoms with Gasteiger partial charge in [0, 0.05) is 22.3 Å². The molecular weight excluding hydrogens is 410 g/mol. The van der Waals surface area contributed by atoms with Gasteiger partial charge in [0.05, 0.1) is 5.52 Å². The van der Waals surface area contributed by atoms with Gasteiger partial charge in [-0.15, -0.1) is 5.10 Å². The largest absolute Gasteiger partial charge is 0.341 e. The lowest BCUT2D eigenvalue weighted by Gasteiger charge is -2.14. The molecular formula is C19H20BrN5O2. The highest BCUT2D eigenvalue weighted by molar-refractivity contribution is 9.10. The molecule has 2 amide bonds. The van der Waals surface area contributed by atoms with E-state index >= 15 is 0 Å². The van der Waals surface area contributed by atoms with E-state index in [0.717, 1.165) is 23.0 Å². The minimum absolute atomic E-state index is 0.295. The normalized spacial score (nSPS) is 12.0. The number of hydrogen-bond acceptors (Lipinski definition) is 4. The summed E-state index contributed by atoms with van der Waals surface area (Å²) in [6.07, 6.45) is 0.950. The van der Waals surface area contributed by atoms with Crippen LogP contribution in [0.25, 0.3) is 11.0 Å². The van der Waals surface area contributed by atoms with E-state index in [-0.39, 0.29) is 11.8 Å². The molecule has 3 rings (SSSR count). The molecule has 3 aromatic rings. The Morgan fingerprint density at radius 3 is 2.78 bits per heavy atom. The van der Waals surface area contributed by atoms with Crippen molar-refractivity contribution in [2.45, 2.75) is 32.9 Å². The number of anilines is 1. The van der Waals surface area contributed by atoms with Crippen molar-refractivity contribution < 1.29 is 9.59 Å². The molecule has 0 aliphatic heterocycles. The number of carbonyl (C=O) groups is 2. The highest BCUT2D eigenvalue weighted by atomic mass is 79.9. The van der Waals surface area contributed by atoms with Gasteiger partial charge in [0.15, 0.2) is 0 Å². The molecule has 7 nitrogen and oxygen atoms in total. The topological polar surface area (TPSA) is 88.9 Å². The average molecular weight is 430 g/mol. The molecule has 140 valence electrons. The van der Waals surface area contributed by atoms with E-state index in [1.54, 1.807) is 31.2 Å². The van der Waals surface area contributed by atoms with E-state index in [9.17, 15) is 9.59 Å². The molecule has 0 fully saturated rings. The van der Waals surface area contributed by atoms with Gasteiger partial charge in [-0.25, -0.2) is 4.68 Å². The van der Waals surface area contributed by atoms with Crippen molar-refractivity contribution in [3.63, 3.8) is 0 Å². The molecule has 0 bridgehead atoms. The molecule has 0 radical (unpaired) electrons. The lowest BCUT2D eigenvalue weighted by molar-refractivity contribution is -0.117. The molecule has 1 heterocycles. The van der Waals surface area contributed by atoms with Crippen LogP contribution in [-0.2, 0) is 11.3 Å². The molecule has 27 heavy (non-hydrogen) atoms. The second-order valence-electron chi connectivity index (χ2n) is 6.21. The molecule has 1 aromatic heterocycles. The first-order valence-corrected chi connectivity index (χ1v) is 9.47. The number of aryl methyl sites for hydroxylation is 1. The number of aromatic nitrogens is 3. The van der Waals surface area contributed by atoms with Crippen molar-refractivity contribution in [2.24, 2.45) is 0 Å². The van der Waals surface area contributed by atoms with Crippen LogP contribution in [0.2, 0.25) is 0 Å². The summed E-state index contributed by atoms with van der Waals surface area (Å²) < 4.78 is 2.67. The molecule has 0 aliphatic carbocycles. The van der Waals surface area contributed by atoms with Gasteiger partial charge >= 0.3 is 0 Å². The smallest absolute Gasteiger partial charge is 0.251 e. The highest BCUT2D eigenvalue weighted by Gasteiger charge is 2.18. The molecule has 2 N–H and O–H groups in total. The van der Waals surface area contributed by atoms with Gasteiger partial charge in [-0.2, -0.15) is 0 Å². The molecule has 1 atom stereocenters. The van der Waals surface area contributed by atoms with Crippen molar-refractivity contribution in [1.29, 1.82) is 0 Å². The minimum Gasteiger partial charge on any atom is -0.341 e. The van der Waals surface area contributed by atoms with E-state index in [4.69, 9.17) is 0 Å². The minimum atomic E-state index is -0.692. The van der Waals surface area contributed by atoms with Crippen LogP contribution in [-0.4, -0.2) is 32.9 Å². The van der Waals surface area contributed by atoms with Crippen molar-refractivity contribution >= 4 is 44.5 Å². The Kier molecular flexibility index (Phi) is 5.85. The van der Waals surface area contributed by atoms with Crippen LogP contribution in [0.1, 0.15) is 30.6 Å². The zero-order valence-electron chi connectivity index (χ0n) is 15.1. The quantitative estimate of drug-likeness (QED) is 0.628. The summed E-state index contributed by atoms with van der Waals surface area (Å²) in [5, 5.41) is 13.7. The van der Waals surface area contributed by atoms with Crippen molar-refractivity contribution in [3.8, 4) is 0 Å². The maximum absolute atomic E-state index is 12.5. The third-order valence-corrected chi connectivity index (χ3v) is 4.54. The number of hydrogen-bond donors (Lipinski definition) is 2. The van der Waals surface area contributed by atoms with E-state index in [2.05, 4.69) is 43.8 Å². The molecule has 0 saturated heterocycles. The summed E-state index contributed by atoms with van der Waals surface area (Å²) >= 11 is 3.36. The Morgan fingerprint density at radius 1 is 1.22 bits per heavy atom. The number of carbonyl (C=O) groups excluding carboxylic acids is 2. The lowest BCUT2D eigenvalue weighted by atomic mass is 10.1. The van der Waals surface area contributed by atoms with E-state index in [1.807, 2.05) is 22.9 Å². The lowest BCUT2D eigenvalue weighted by Crippen LogP contribution is -2.41. The highest BCUT2D eigenvalue weighted by Crippen LogP contribution is 2.16. The van der Waals surface area contributed by atoms with Crippen molar-refractivity contribution in [3.05, 3.63) is 52.5 Å². The number of rotatable bonds is 6. The third kappa shape index (κ3) is 4.51. The Bertz CT molecular complexity index is 985. The molecule has 2 aromatic carbocycles. The fraction of sp³-hybridized carbons (Fsp3) is 0.263. The number of amides is 2. The van der Waals surface area contributed by atoms with E-state index in [0.29, 0.717) is 16.8 Å². The molecule has 0 unspecified atom stereocenters. The van der Waals surface area contributed by atoms with Gasteiger partial charge in [-0.05, 0) is 49.7 Å². The first kappa shape index (κ1) is 19.0. The fourth-order valence-electron chi connectivity index (χ4n) is 2.65. The number of nitrogens with one attached hydrogen (secondary N) is 2. The van der Waals surface area contributed by atoms with Crippen LogP contribution in [0.15, 0.2) is 46.9 Å². The van der Waals surface area contributed by atoms with E-state index < -0.39 is 6.04 Å². The third-order valence-electron chi connectivity index (χ3n) is 4.04. The van der Waals surface area contributed by atoms with Crippen LogP contribution in [0.3, 0.4) is 0 Å². The fourth-order valence-corrected chi connectivity index (χ4v) is 3.05. The van der Waals surface area contributed by atoms with Crippen LogP contribution in [0.5, 0.6) is 0 Å². The summed E-state index contributed by atoms with van der Waals surface area (Å²) in [7, 11) is 0. The summed E-state index contributed by atoms with van der Waals surface area (Å²) in [6, 6.07) is 11.8. The Morgan fingerprint density at radius 2 is 2.04 bits per heavy atom. The van der Waals surface area contributed by atoms with E-state index in [1.165, 1.54) is 0 Å². The van der Waals surface area contributed by atoms with Gasteiger partial charge in [-0.1, -0.05) is 34.1 Å². The molecule has 0 saturated carbocycles. The Hall–Kier alpha value is -2.74. The first-order chi connectivity index (χ1) is 13.0. The van der Waals surface area contributed by atoms with Gasteiger partial charge in [0.2, 0.25) is 5.91 Å². The van der Waals surface area contributed by atoms with Gasteiger partial charge in [0.25, 0.3) is 5.91 Å². The van der Waals surface area contributed by atoms with Gasteiger partial charge < -0.3 is 10.6 Å². The number of halogens is 1. The van der Waals surface area contributed by atoms with Crippen LogP contribution in [0.4, 0.5) is 5.69 Å². The Labute approximate surface area is 165 Å². The molecule has 0 aliphatic rings. The average Bonchev–Trinajstić information content (AvgIpc) is 3.04. The van der Waals surface area contributed by atoms with Crippen LogP contribution < -0.4 is 10.6 Å². The van der Waals surface area contributed by atoms with Crippen molar-refractivity contribution in [2.75, 3.05) is 5.32 Å². The maximum Gasteiger partial charge on any atom is 0.251 e. The zero-order valence-corrected chi connectivity index (χ0v) is 16.7. The number of nitrogens with zero attached hydrogens (tertiary/aromatic N) is 3. The van der Waals surface area contributed by atoms with Crippen molar-refractivity contribution in [1.82, 2.24) is 20.3 Å². The first-order valence-electron chi connectivity index (χ1n) is 8.68. The maximum atomic E-state index is 12.5. The van der Waals surface area contributed by atoms with Crippen LogP contribution >= 0.6 is 15.9 Å². The van der Waals surface area contributed by atoms with Gasteiger partial charge in [-0.3, -0.25) is 9.59 Å². The summed E-state index contributed by atoms with van der Waals surface area (Å²) in [6.45, 7) is 4.48. The summed E-state index contributed by atoms with van der Waals surface area (Å²) in [5.74, 6) is -0.629. The van der Waals surface area contributed by atoms with Gasteiger partial charge in [0.1, 0.15) is 11.6 Å². The summed E-state index contributed by atoms with van der Waals surface area (Å²) in [5.41, 5.74) is 2.63. The monoisotopic (exact) mass is 429 g/mol. The Balaban J connectivity index is 1.67. The zero-order chi connectivity index (χ0) is 19.4. The number of benzene rings is 2. The SMILES string of the molecule is CCCn1nnc2cc(C(=O)N[C@H](C)C(=O)Nc3cccc(Br)c3)ccc21. The van der Waals surface area contributed by atoms with Crippen LogP contribution in [0, 0.1) is 0 Å². The predicted octanol–water partition coefficient (Wildman–Crippen LogP) is 3.36. The number of fused-ring (bicyclic) bond motifs is 1. The summed E-state index contributed by atoms with van der Waals surface area (Å²) in [4.78, 5) is 24.8. The molecule has 0 spiro atoms. The molecule has 8 heteroatoms. The standard InChI is InChI=1S/C19H20BrN5O2/c1-3-9-25-17-8-7-13(10-16(17)23-24-25)19(27)21-12(2)18(26)22-15-6-4-5-14(20)11-15/h4-8,10-12H,3,9H2,1-2H3,(H,21,27)(H,22,26)/t12-/m1/s1.